The maximum Gasteiger partial charge on any atom is 0.410 e. The Labute approximate surface area is 175 Å². The zero-order valence-electron chi connectivity index (χ0n) is 17.1. The van der Waals surface area contributed by atoms with Crippen LogP contribution < -0.4 is 10.5 Å². The predicted molar refractivity (Wildman–Crippen MR) is 107 cm³/mol. The molecule has 1 aromatic carbocycles. The molecule has 0 bridgehead atoms. The number of rotatable bonds is 3. The molecule has 2 unspecified atom stereocenters. The van der Waals surface area contributed by atoms with Gasteiger partial charge in [-0.3, -0.25) is 0 Å². The third kappa shape index (κ3) is 4.70. The number of esters is 1. The minimum atomic E-state index is -0.586. The largest absolute Gasteiger partial charge is 0.492 e. The van der Waals surface area contributed by atoms with Crippen molar-refractivity contribution in [3.05, 3.63) is 22.2 Å². The fourth-order valence-electron chi connectivity index (χ4n) is 3.47. The molecule has 160 valence electrons. The Morgan fingerprint density at radius 3 is 2.69 bits per heavy atom. The van der Waals surface area contributed by atoms with Crippen LogP contribution in [-0.4, -0.2) is 61.6 Å². The lowest BCUT2D eigenvalue weighted by Gasteiger charge is -2.37. The van der Waals surface area contributed by atoms with E-state index in [2.05, 4.69) is 0 Å². The second kappa shape index (κ2) is 8.28. The fraction of sp³-hybridized carbons (Fsp3) is 0.600. The van der Waals surface area contributed by atoms with Gasteiger partial charge in [0, 0.05) is 32.1 Å². The summed E-state index contributed by atoms with van der Waals surface area (Å²) in [6.45, 7) is 6.53. The van der Waals surface area contributed by atoms with E-state index in [0.717, 1.165) is 5.56 Å². The van der Waals surface area contributed by atoms with E-state index in [1.807, 2.05) is 20.8 Å². The van der Waals surface area contributed by atoms with E-state index in [-0.39, 0.29) is 12.1 Å². The van der Waals surface area contributed by atoms with Crippen molar-refractivity contribution in [3.8, 4) is 5.75 Å². The monoisotopic (exact) mass is 426 g/mol. The number of hydrogen-bond acceptors (Lipinski definition) is 7. The highest BCUT2D eigenvalue weighted by molar-refractivity contribution is 6.33. The topological polar surface area (TPSA) is 100 Å². The minimum absolute atomic E-state index is 0.251. The lowest BCUT2D eigenvalue weighted by molar-refractivity contribution is -0.0747. The average molecular weight is 427 g/mol. The molecular formula is C20H27ClN2O6. The molecule has 2 atom stereocenters. The number of piperidine rings is 1. The summed E-state index contributed by atoms with van der Waals surface area (Å²) in [4.78, 5) is 26.7. The molecule has 1 amide bonds. The summed E-state index contributed by atoms with van der Waals surface area (Å²) in [6, 6.07) is 1.47. The Hall–Kier alpha value is -2.19. The first kappa shape index (κ1) is 21.5. The Bertz CT molecular complexity index is 807. The van der Waals surface area contributed by atoms with Crippen LogP contribution in [0.15, 0.2) is 6.07 Å². The summed E-state index contributed by atoms with van der Waals surface area (Å²) >= 11 is 6.18. The number of benzene rings is 1. The second-order valence-electron chi connectivity index (χ2n) is 8.16. The standard InChI is InChI=1S/C20H27ClN2O6/c1-20(2,3)29-19(25)23-7-5-14(15(10-23)26-4)28-18(24)12-9-13(21)16(22)11-6-8-27-17(11)12/h9,14-15H,5-8,10,22H2,1-4H3. The molecule has 0 spiro atoms. The Morgan fingerprint density at radius 2 is 2.03 bits per heavy atom. The van der Waals surface area contributed by atoms with E-state index >= 15 is 0 Å². The van der Waals surface area contributed by atoms with E-state index in [1.165, 1.54) is 13.2 Å². The van der Waals surface area contributed by atoms with E-state index in [0.29, 0.717) is 42.5 Å². The molecule has 29 heavy (non-hydrogen) atoms. The zero-order valence-corrected chi connectivity index (χ0v) is 17.9. The molecule has 9 heteroatoms. The van der Waals surface area contributed by atoms with Crippen molar-refractivity contribution in [2.45, 2.75) is 51.4 Å². The van der Waals surface area contributed by atoms with Gasteiger partial charge in [0.1, 0.15) is 29.1 Å². The van der Waals surface area contributed by atoms with E-state index in [9.17, 15) is 9.59 Å². The molecule has 3 rings (SSSR count). The Morgan fingerprint density at radius 1 is 1.31 bits per heavy atom. The van der Waals surface area contributed by atoms with Crippen LogP contribution in [0.5, 0.6) is 5.75 Å². The molecule has 0 saturated carbocycles. The van der Waals surface area contributed by atoms with Gasteiger partial charge in [0.05, 0.1) is 23.9 Å². The van der Waals surface area contributed by atoms with Crippen LogP contribution in [0.3, 0.4) is 0 Å². The maximum atomic E-state index is 12.8. The molecule has 0 aliphatic carbocycles. The summed E-state index contributed by atoms with van der Waals surface area (Å²) < 4.78 is 22.2. The molecule has 2 aliphatic rings. The lowest BCUT2D eigenvalue weighted by Crippen LogP contribution is -2.52. The van der Waals surface area contributed by atoms with Crippen LogP contribution in [0.25, 0.3) is 0 Å². The normalized spacial score (nSPS) is 21.3. The third-order valence-corrected chi connectivity index (χ3v) is 5.21. The number of halogens is 1. The fourth-order valence-corrected chi connectivity index (χ4v) is 3.69. The van der Waals surface area contributed by atoms with E-state index in [1.54, 1.807) is 4.90 Å². The Kier molecular flexibility index (Phi) is 6.14. The predicted octanol–water partition coefficient (Wildman–Crippen LogP) is 3.04. The van der Waals surface area contributed by atoms with Crippen molar-refractivity contribution in [1.82, 2.24) is 4.90 Å². The first-order valence-corrected chi connectivity index (χ1v) is 9.94. The number of likely N-dealkylation sites (tertiary alicyclic amines) is 1. The summed E-state index contributed by atoms with van der Waals surface area (Å²) in [5.41, 5.74) is 6.81. The number of nitrogens with zero attached hydrogens (tertiary/aromatic N) is 1. The van der Waals surface area contributed by atoms with Gasteiger partial charge in [-0.2, -0.15) is 0 Å². The SMILES string of the molecule is COC1CN(C(=O)OC(C)(C)C)CCC1OC(=O)c1cc(Cl)c(N)c2c1OCC2. The van der Waals surface area contributed by atoms with Crippen molar-refractivity contribution in [1.29, 1.82) is 0 Å². The summed E-state index contributed by atoms with van der Waals surface area (Å²) in [6.07, 6.45) is -0.384. The van der Waals surface area contributed by atoms with Crippen LogP contribution in [0, 0.1) is 0 Å². The van der Waals surface area contributed by atoms with Crippen molar-refractivity contribution < 1.29 is 28.5 Å². The highest BCUT2D eigenvalue weighted by atomic mass is 35.5. The summed E-state index contributed by atoms with van der Waals surface area (Å²) in [7, 11) is 1.52. The van der Waals surface area contributed by atoms with Gasteiger partial charge in [-0.25, -0.2) is 9.59 Å². The average Bonchev–Trinajstić information content (AvgIpc) is 3.13. The van der Waals surface area contributed by atoms with Gasteiger partial charge >= 0.3 is 12.1 Å². The van der Waals surface area contributed by atoms with Gasteiger partial charge in [0.2, 0.25) is 0 Å². The number of carbonyl (C=O) groups is 2. The molecule has 0 radical (unpaired) electrons. The molecule has 8 nitrogen and oxygen atoms in total. The highest BCUT2D eigenvalue weighted by Gasteiger charge is 2.37. The zero-order chi connectivity index (χ0) is 21.3. The van der Waals surface area contributed by atoms with Crippen LogP contribution in [0.1, 0.15) is 43.1 Å². The molecule has 2 N–H and O–H groups in total. The van der Waals surface area contributed by atoms with Crippen LogP contribution in [0.4, 0.5) is 10.5 Å². The first-order chi connectivity index (χ1) is 13.6. The molecule has 0 aromatic heterocycles. The first-order valence-electron chi connectivity index (χ1n) is 9.56. The van der Waals surface area contributed by atoms with Crippen LogP contribution >= 0.6 is 11.6 Å². The Balaban J connectivity index is 1.70. The molecule has 2 heterocycles. The third-order valence-electron chi connectivity index (χ3n) is 4.90. The van der Waals surface area contributed by atoms with E-state index < -0.39 is 29.9 Å². The number of hydrogen-bond donors (Lipinski definition) is 1. The number of nitrogens with two attached hydrogens (primary N) is 1. The van der Waals surface area contributed by atoms with Crippen molar-refractivity contribution in [3.63, 3.8) is 0 Å². The molecule has 1 aromatic rings. The summed E-state index contributed by atoms with van der Waals surface area (Å²) in [5.74, 6) is -0.125. The van der Waals surface area contributed by atoms with Crippen molar-refractivity contribution in [2.24, 2.45) is 0 Å². The molecule has 1 fully saturated rings. The smallest absolute Gasteiger partial charge is 0.410 e. The maximum absolute atomic E-state index is 12.8. The van der Waals surface area contributed by atoms with Crippen LogP contribution in [0.2, 0.25) is 5.02 Å². The number of fused-ring (bicyclic) bond motifs is 1. The van der Waals surface area contributed by atoms with Gasteiger partial charge in [-0.05, 0) is 26.8 Å². The van der Waals surface area contributed by atoms with Gasteiger partial charge in [0.15, 0.2) is 0 Å². The van der Waals surface area contributed by atoms with Crippen molar-refractivity contribution in [2.75, 3.05) is 32.5 Å². The number of ether oxygens (including phenoxy) is 4. The number of carbonyl (C=O) groups excluding carboxylic acids is 2. The molecular weight excluding hydrogens is 400 g/mol. The second-order valence-corrected chi connectivity index (χ2v) is 8.57. The molecule has 2 aliphatic heterocycles. The number of nitrogen functional groups attached to an aromatic ring is 1. The van der Waals surface area contributed by atoms with Gasteiger partial charge < -0.3 is 29.6 Å². The van der Waals surface area contributed by atoms with Crippen LogP contribution in [-0.2, 0) is 20.6 Å². The van der Waals surface area contributed by atoms with Gasteiger partial charge in [-0.15, -0.1) is 0 Å². The summed E-state index contributed by atoms with van der Waals surface area (Å²) in [5, 5.41) is 0.296. The highest BCUT2D eigenvalue weighted by Crippen LogP contribution is 2.39. The minimum Gasteiger partial charge on any atom is -0.492 e. The van der Waals surface area contributed by atoms with Crippen molar-refractivity contribution >= 4 is 29.4 Å². The van der Waals surface area contributed by atoms with Gasteiger partial charge in [0.25, 0.3) is 0 Å². The quantitative estimate of drug-likeness (QED) is 0.585. The number of amides is 1. The number of anilines is 1. The van der Waals surface area contributed by atoms with Gasteiger partial charge in [-0.1, -0.05) is 11.6 Å². The number of methoxy groups -OCH3 is 1. The molecule has 1 saturated heterocycles. The van der Waals surface area contributed by atoms with E-state index in [4.69, 9.17) is 36.3 Å². The lowest BCUT2D eigenvalue weighted by atomic mass is 10.0.